The molecule has 0 saturated carbocycles. The van der Waals surface area contributed by atoms with Gasteiger partial charge in [0.15, 0.2) is 0 Å². The van der Waals surface area contributed by atoms with Crippen LogP contribution in [0.5, 0.6) is 0 Å². The van der Waals surface area contributed by atoms with E-state index in [4.69, 9.17) is 18.0 Å². The molecule has 0 bridgehead atoms. The van der Waals surface area contributed by atoms with E-state index in [0.29, 0.717) is 24.5 Å². The van der Waals surface area contributed by atoms with Crippen LogP contribution in [0, 0.1) is 5.82 Å². The Bertz CT molecular complexity index is 459. The number of carbonyl (C=O) groups is 1. The van der Waals surface area contributed by atoms with Crippen molar-refractivity contribution < 1.29 is 9.18 Å². The molecule has 1 amide bonds. The standard InChI is InChI=1S/C14H17FN2OS/c1-2-8-17(9-7-13(16)19)14(18)10-11-3-5-12(15)6-4-11/h2-6H,1,7-10H2,(H2,16,19). The predicted octanol–water partition coefficient (Wildman–Crippen LogP) is 2.06. The molecule has 2 N–H and O–H groups in total. The van der Waals surface area contributed by atoms with Gasteiger partial charge in [0.05, 0.1) is 11.4 Å². The summed E-state index contributed by atoms with van der Waals surface area (Å²) in [5.74, 6) is -0.365. The molecule has 0 spiro atoms. The Morgan fingerprint density at radius 3 is 2.58 bits per heavy atom. The van der Waals surface area contributed by atoms with E-state index in [1.807, 2.05) is 0 Å². The van der Waals surface area contributed by atoms with Gasteiger partial charge in [-0.3, -0.25) is 4.79 Å². The second-order valence-electron chi connectivity index (χ2n) is 4.15. The highest BCUT2D eigenvalue weighted by Crippen LogP contribution is 2.06. The van der Waals surface area contributed by atoms with Crippen molar-refractivity contribution in [2.75, 3.05) is 13.1 Å². The Kier molecular flexibility index (Phi) is 6.15. The first-order valence-electron chi connectivity index (χ1n) is 5.94. The number of thiocarbonyl (C=S) groups is 1. The van der Waals surface area contributed by atoms with Crippen LogP contribution in [-0.2, 0) is 11.2 Å². The van der Waals surface area contributed by atoms with Crippen molar-refractivity contribution in [2.24, 2.45) is 5.73 Å². The van der Waals surface area contributed by atoms with Gasteiger partial charge in [-0.15, -0.1) is 6.58 Å². The summed E-state index contributed by atoms with van der Waals surface area (Å²) in [6.07, 6.45) is 2.37. The van der Waals surface area contributed by atoms with Crippen LogP contribution in [0.4, 0.5) is 4.39 Å². The molecule has 0 aliphatic heterocycles. The quantitative estimate of drug-likeness (QED) is 0.614. The minimum absolute atomic E-state index is 0.0530. The van der Waals surface area contributed by atoms with Gasteiger partial charge in [0.25, 0.3) is 0 Å². The second-order valence-corrected chi connectivity index (χ2v) is 4.67. The SMILES string of the molecule is C=CCN(CCC(N)=S)C(=O)Cc1ccc(F)cc1. The lowest BCUT2D eigenvalue weighted by molar-refractivity contribution is -0.129. The molecular weight excluding hydrogens is 263 g/mol. The molecule has 0 aliphatic carbocycles. The van der Waals surface area contributed by atoms with Crippen molar-refractivity contribution in [2.45, 2.75) is 12.8 Å². The molecule has 0 saturated heterocycles. The molecule has 0 aliphatic rings. The number of halogens is 1. The minimum atomic E-state index is -0.312. The number of benzene rings is 1. The number of hydrogen-bond donors (Lipinski definition) is 1. The molecule has 1 aromatic carbocycles. The molecule has 5 heteroatoms. The maximum absolute atomic E-state index is 12.8. The third-order valence-corrected chi connectivity index (χ3v) is 2.80. The van der Waals surface area contributed by atoms with Gasteiger partial charge in [0, 0.05) is 19.5 Å². The van der Waals surface area contributed by atoms with Crippen LogP contribution in [0.1, 0.15) is 12.0 Å². The summed E-state index contributed by atoms with van der Waals surface area (Å²) in [4.78, 5) is 14.1. The van der Waals surface area contributed by atoms with Gasteiger partial charge < -0.3 is 10.6 Å². The van der Waals surface area contributed by atoms with Crippen molar-refractivity contribution in [1.82, 2.24) is 4.90 Å². The summed E-state index contributed by atoms with van der Waals surface area (Å²) in [7, 11) is 0. The van der Waals surface area contributed by atoms with Gasteiger partial charge in [0.2, 0.25) is 5.91 Å². The van der Waals surface area contributed by atoms with E-state index >= 15 is 0 Å². The molecule has 19 heavy (non-hydrogen) atoms. The third-order valence-electron chi connectivity index (χ3n) is 2.60. The van der Waals surface area contributed by atoms with E-state index in [1.165, 1.54) is 12.1 Å². The maximum atomic E-state index is 12.8. The van der Waals surface area contributed by atoms with E-state index in [9.17, 15) is 9.18 Å². The second kappa shape index (κ2) is 7.63. The highest BCUT2D eigenvalue weighted by molar-refractivity contribution is 7.80. The van der Waals surface area contributed by atoms with E-state index in [1.54, 1.807) is 23.1 Å². The molecule has 0 radical (unpaired) electrons. The summed E-state index contributed by atoms with van der Waals surface area (Å²) in [6, 6.07) is 5.89. The zero-order chi connectivity index (χ0) is 14.3. The molecule has 0 unspecified atom stereocenters. The van der Waals surface area contributed by atoms with Gasteiger partial charge in [-0.1, -0.05) is 30.4 Å². The molecule has 0 aromatic heterocycles. The van der Waals surface area contributed by atoms with Gasteiger partial charge in [-0.2, -0.15) is 0 Å². The lowest BCUT2D eigenvalue weighted by Gasteiger charge is -2.21. The van der Waals surface area contributed by atoms with E-state index in [0.717, 1.165) is 5.56 Å². The average Bonchev–Trinajstić information content (AvgIpc) is 2.37. The first-order chi connectivity index (χ1) is 9.02. The molecule has 3 nitrogen and oxygen atoms in total. The molecule has 1 rings (SSSR count). The molecular formula is C14H17FN2OS. The van der Waals surface area contributed by atoms with Crippen molar-refractivity contribution in [3.63, 3.8) is 0 Å². The molecule has 0 heterocycles. The number of nitrogens with two attached hydrogens (primary N) is 1. The summed E-state index contributed by atoms with van der Waals surface area (Å²) in [5, 5.41) is 0. The lowest BCUT2D eigenvalue weighted by atomic mass is 10.1. The van der Waals surface area contributed by atoms with E-state index in [2.05, 4.69) is 6.58 Å². The first kappa shape index (κ1) is 15.3. The fraction of sp³-hybridized carbons (Fsp3) is 0.286. The number of nitrogens with zero attached hydrogens (tertiary/aromatic N) is 1. The van der Waals surface area contributed by atoms with Crippen molar-refractivity contribution in [3.05, 3.63) is 48.3 Å². The monoisotopic (exact) mass is 280 g/mol. The van der Waals surface area contributed by atoms with Gasteiger partial charge in [-0.05, 0) is 17.7 Å². The van der Waals surface area contributed by atoms with Crippen LogP contribution in [0.25, 0.3) is 0 Å². The molecule has 1 aromatic rings. The van der Waals surface area contributed by atoms with Crippen LogP contribution < -0.4 is 5.73 Å². The average molecular weight is 280 g/mol. The van der Waals surface area contributed by atoms with E-state index < -0.39 is 0 Å². The Labute approximate surface area is 117 Å². The largest absolute Gasteiger partial charge is 0.393 e. The molecule has 0 atom stereocenters. The lowest BCUT2D eigenvalue weighted by Crippen LogP contribution is -2.35. The summed E-state index contributed by atoms with van der Waals surface area (Å²) < 4.78 is 12.8. The summed E-state index contributed by atoms with van der Waals surface area (Å²) in [5.41, 5.74) is 6.21. The fourth-order valence-corrected chi connectivity index (χ4v) is 1.70. The van der Waals surface area contributed by atoms with Crippen LogP contribution in [0.3, 0.4) is 0 Å². The highest BCUT2D eigenvalue weighted by atomic mass is 32.1. The highest BCUT2D eigenvalue weighted by Gasteiger charge is 2.12. The van der Waals surface area contributed by atoms with Crippen molar-refractivity contribution in [3.8, 4) is 0 Å². The number of amides is 1. The number of carbonyl (C=O) groups excluding carboxylic acids is 1. The van der Waals surface area contributed by atoms with Crippen LogP contribution in [0.2, 0.25) is 0 Å². The smallest absolute Gasteiger partial charge is 0.227 e. The Balaban J connectivity index is 2.62. The predicted molar refractivity (Wildman–Crippen MR) is 78.3 cm³/mol. The summed E-state index contributed by atoms with van der Waals surface area (Å²) in [6.45, 7) is 4.54. The fourth-order valence-electron chi connectivity index (χ4n) is 1.61. The molecule has 0 fully saturated rings. The Hall–Kier alpha value is -1.75. The number of rotatable bonds is 7. The summed E-state index contributed by atoms with van der Waals surface area (Å²) >= 11 is 4.80. The van der Waals surface area contributed by atoms with E-state index in [-0.39, 0.29) is 18.1 Å². The first-order valence-corrected chi connectivity index (χ1v) is 6.35. The van der Waals surface area contributed by atoms with Gasteiger partial charge in [0.1, 0.15) is 5.82 Å². The van der Waals surface area contributed by atoms with Crippen LogP contribution in [-0.4, -0.2) is 28.9 Å². The zero-order valence-corrected chi connectivity index (χ0v) is 11.5. The van der Waals surface area contributed by atoms with Gasteiger partial charge >= 0.3 is 0 Å². The topological polar surface area (TPSA) is 46.3 Å². The maximum Gasteiger partial charge on any atom is 0.227 e. The zero-order valence-electron chi connectivity index (χ0n) is 10.6. The van der Waals surface area contributed by atoms with Crippen molar-refractivity contribution >= 4 is 23.1 Å². The third kappa shape index (κ3) is 5.61. The Morgan fingerprint density at radius 2 is 2.05 bits per heavy atom. The van der Waals surface area contributed by atoms with Crippen LogP contribution >= 0.6 is 12.2 Å². The number of hydrogen-bond acceptors (Lipinski definition) is 2. The normalized spacial score (nSPS) is 9.95. The van der Waals surface area contributed by atoms with Crippen molar-refractivity contribution in [1.29, 1.82) is 0 Å². The van der Waals surface area contributed by atoms with Crippen LogP contribution in [0.15, 0.2) is 36.9 Å². The van der Waals surface area contributed by atoms with Gasteiger partial charge in [-0.25, -0.2) is 4.39 Å². The Morgan fingerprint density at radius 1 is 1.42 bits per heavy atom. The minimum Gasteiger partial charge on any atom is -0.393 e. The molecule has 102 valence electrons.